The lowest BCUT2D eigenvalue weighted by molar-refractivity contribution is 0.365. The van der Waals surface area contributed by atoms with E-state index in [2.05, 4.69) is 10.1 Å². The first-order chi connectivity index (χ1) is 9.70. The quantitative estimate of drug-likeness (QED) is 0.719. The Labute approximate surface area is 117 Å². The van der Waals surface area contributed by atoms with E-state index in [-0.39, 0.29) is 5.92 Å². The normalized spacial score (nSPS) is 11.2. The van der Waals surface area contributed by atoms with Gasteiger partial charge in [0.2, 0.25) is 11.7 Å². The highest BCUT2D eigenvalue weighted by Crippen LogP contribution is 2.33. The van der Waals surface area contributed by atoms with Crippen molar-refractivity contribution in [1.29, 1.82) is 0 Å². The van der Waals surface area contributed by atoms with Crippen molar-refractivity contribution in [2.75, 3.05) is 7.11 Å². The van der Waals surface area contributed by atoms with Gasteiger partial charge in [-0.2, -0.15) is 4.98 Å². The number of hydrogen-bond donors (Lipinski definition) is 0. The Bertz CT molecular complexity index is 747. The Morgan fingerprint density at radius 1 is 1.05 bits per heavy atom. The van der Waals surface area contributed by atoms with Crippen molar-refractivity contribution in [2.24, 2.45) is 0 Å². The molecule has 3 rings (SSSR count). The maximum absolute atomic E-state index is 5.40. The van der Waals surface area contributed by atoms with Crippen molar-refractivity contribution >= 4 is 10.8 Å². The van der Waals surface area contributed by atoms with Gasteiger partial charge in [0, 0.05) is 16.9 Å². The van der Waals surface area contributed by atoms with Crippen LogP contribution in [-0.2, 0) is 0 Å². The van der Waals surface area contributed by atoms with Crippen molar-refractivity contribution < 1.29 is 9.26 Å². The molecule has 0 fully saturated rings. The van der Waals surface area contributed by atoms with Crippen LogP contribution in [0, 0.1) is 0 Å². The molecular weight excluding hydrogens is 252 g/mol. The molecule has 0 saturated heterocycles. The van der Waals surface area contributed by atoms with Crippen LogP contribution in [0.1, 0.15) is 25.7 Å². The van der Waals surface area contributed by atoms with E-state index in [4.69, 9.17) is 9.26 Å². The minimum absolute atomic E-state index is 0.223. The Morgan fingerprint density at radius 2 is 1.80 bits per heavy atom. The third-order valence-electron chi connectivity index (χ3n) is 3.28. The van der Waals surface area contributed by atoms with Crippen molar-refractivity contribution in [1.82, 2.24) is 10.1 Å². The molecule has 4 nitrogen and oxygen atoms in total. The topological polar surface area (TPSA) is 48.2 Å². The van der Waals surface area contributed by atoms with E-state index >= 15 is 0 Å². The molecule has 1 heterocycles. The Morgan fingerprint density at radius 3 is 2.45 bits per heavy atom. The predicted molar refractivity (Wildman–Crippen MR) is 77.9 cm³/mol. The van der Waals surface area contributed by atoms with Gasteiger partial charge < -0.3 is 9.26 Å². The van der Waals surface area contributed by atoms with Gasteiger partial charge in [0.25, 0.3) is 0 Å². The van der Waals surface area contributed by atoms with Gasteiger partial charge >= 0.3 is 0 Å². The molecule has 0 spiro atoms. The van der Waals surface area contributed by atoms with E-state index in [0.717, 1.165) is 22.1 Å². The fraction of sp³-hybridized carbons (Fsp3) is 0.250. The number of fused-ring (bicyclic) bond motifs is 1. The fourth-order valence-electron chi connectivity index (χ4n) is 2.22. The summed E-state index contributed by atoms with van der Waals surface area (Å²) in [6.07, 6.45) is 0. The zero-order valence-electron chi connectivity index (χ0n) is 11.8. The lowest BCUT2D eigenvalue weighted by Gasteiger charge is -2.07. The smallest absolute Gasteiger partial charge is 0.229 e. The maximum Gasteiger partial charge on any atom is 0.229 e. The van der Waals surface area contributed by atoms with Crippen molar-refractivity contribution in [3.8, 4) is 17.1 Å². The minimum atomic E-state index is 0.223. The van der Waals surface area contributed by atoms with Crippen LogP contribution in [0.2, 0.25) is 0 Å². The lowest BCUT2D eigenvalue weighted by atomic mass is 10.0. The predicted octanol–water partition coefficient (Wildman–Crippen LogP) is 4.02. The van der Waals surface area contributed by atoms with Crippen LogP contribution in [0.3, 0.4) is 0 Å². The fourth-order valence-corrected chi connectivity index (χ4v) is 2.22. The molecule has 0 atom stereocenters. The van der Waals surface area contributed by atoms with Crippen molar-refractivity contribution in [3.05, 3.63) is 42.3 Å². The maximum atomic E-state index is 5.40. The second-order valence-corrected chi connectivity index (χ2v) is 4.97. The zero-order chi connectivity index (χ0) is 14.1. The van der Waals surface area contributed by atoms with Gasteiger partial charge in [-0.25, -0.2) is 0 Å². The van der Waals surface area contributed by atoms with Gasteiger partial charge in [0.15, 0.2) is 0 Å². The standard InChI is InChI=1S/C16H16N2O2/c1-10(2)16-17-15(18-20-16)13-8-9-14(19-3)12-7-5-4-6-11(12)13/h4-10H,1-3H3. The third kappa shape index (κ3) is 2.03. The summed E-state index contributed by atoms with van der Waals surface area (Å²) in [6, 6.07) is 12.0. The number of benzene rings is 2. The summed E-state index contributed by atoms with van der Waals surface area (Å²) in [7, 11) is 1.67. The highest BCUT2D eigenvalue weighted by molar-refractivity contribution is 5.98. The van der Waals surface area contributed by atoms with E-state index in [0.29, 0.717) is 11.7 Å². The van der Waals surface area contributed by atoms with Gasteiger partial charge in [-0.05, 0) is 17.5 Å². The summed E-state index contributed by atoms with van der Waals surface area (Å²) < 4.78 is 10.7. The molecule has 0 unspecified atom stereocenters. The summed E-state index contributed by atoms with van der Waals surface area (Å²) in [5, 5.41) is 6.19. The first kappa shape index (κ1) is 12.7. The largest absolute Gasteiger partial charge is 0.496 e. The number of aromatic nitrogens is 2. The second kappa shape index (κ2) is 4.96. The van der Waals surface area contributed by atoms with E-state index < -0.39 is 0 Å². The van der Waals surface area contributed by atoms with Crippen LogP contribution < -0.4 is 4.74 Å². The van der Waals surface area contributed by atoms with Crippen LogP contribution in [0.5, 0.6) is 5.75 Å². The van der Waals surface area contributed by atoms with Crippen LogP contribution in [-0.4, -0.2) is 17.3 Å². The van der Waals surface area contributed by atoms with Crippen LogP contribution in [0.4, 0.5) is 0 Å². The summed E-state index contributed by atoms with van der Waals surface area (Å²) in [6.45, 7) is 4.06. The van der Waals surface area contributed by atoms with Gasteiger partial charge in [-0.1, -0.05) is 43.3 Å². The van der Waals surface area contributed by atoms with E-state index in [1.165, 1.54) is 0 Å². The van der Waals surface area contributed by atoms with Crippen LogP contribution in [0.15, 0.2) is 40.9 Å². The number of methoxy groups -OCH3 is 1. The van der Waals surface area contributed by atoms with Crippen LogP contribution in [0.25, 0.3) is 22.2 Å². The summed E-state index contributed by atoms with van der Waals surface area (Å²) >= 11 is 0. The van der Waals surface area contributed by atoms with E-state index in [1.807, 2.05) is 50.2 Å². The van der Waals surface area contributed by atoms with E-state index in [1.54, 1.807) is 7.11 Å². The number of ether oxygens (including phenoxy) is 1. The summed E-state index contributed by atoms with van der Waals surface area (Å²) in [5.41, 5.74) is 0.956. The first-order valence-electron chi connectivity index (χ1n) is 6.60. The van der Waals surface area contributed by atoms with Gasteiger partial charge in [0.1, 0.15) is 5.75 Å². The number of nitrogens with zero attached hydrogens (tertiary/aromatic N) is 2. The molecule has 1 aromatic heterocycles. The molecule has 0 bridgehead atoms. The second-order valence-electron chi connectivity index (χ2n) is 4.97. The van der Waals surface area contributed by atoms with Crippen molar-refractivity contribution in [3.63, 3.8) is 0 Å². The van der Waals surface area contributed by atoms with Crippen molar-refractivity contribution in [2.45, 2.75) is 19.8 Å². The first-order valence-corrected chi connectivity index (χ1v) is 6.60. The van der Waals surface area contributed by atoms with Gasteiger partial charge in [-0.3, -0.25) is 0 Å². The molecule has 0 N–H and O–H groups in total. The molecule has 0 aliphatic heterocycles. The Balaban J connectivity index is 2.21. The molecule has 0 radical (unpaired) electrons. The van der Waals surface area contributed by atoms with Crippen LogP contribution >= 0.6 is 0 Å². The van der Waals surface area contributed by atoms with Gasteiger partial charge in [-0.15, -0.1) is 0 Å². The van der Waals surface area contributed by atoms with E-state index in [9.17, 15) is 0 Å². The molecule has 2 aromatic carbocycles. The molecule has 0 aliphatic carbocycles. The zero-order valence-corrected chi connectivity index (χ0v) is 11.8. The summed E-state index contributed by atoms with van der Waals surface area (Å²) in [4.78, 5) is 4.47. The van der Waals surface area contributed by atoms with Gasteiger partial charge in [0.05, 0.1) is 7.11 Å². The molecule has 0 saturated carbocycles. The SMILES string of the molecule is COc1ccc(-c2noc(C(C)C)n2)c2ccccc12. The molecule has 3 aromatic rings. The molecule has 0 aliphatic rings. The average Bonchev–Trinajstić information content (AvgIpc) is 2.96. The highest BCUT2D eigenvalue weighted by atomic mass is 16.5. The average molecular weight is 268 g/mol. The third-order valence-corrected chi connectivity index (χ3v) is 3.28. The summed E-state index contributed by atoms with van der Waals surface area (Å²) in [5.74, 6) is 2.34. The minimum Gasteiger partial charge on any atom is -0.496 e. The molecule has 4 heteroatoms. The molecular formula is C16H16N2O2. The molecule has 102 valence electrons. The Hall–Kier alpha value is -2.36. The number of rotatable bonds is 3. The Kier molecular flexibility index (Phi) is 3.14. The molecule has 0 amide bonds. The lowest BCUT2D eigenvalue weighted by Crippen LogP contribution is -1.90. The molecule has 20 heavy (non-hydrogen) atoms. The monoisotopic (exact) mass is 268 g/mol. The highest BCUT2D eigenvalue weighted by Gasteiger charge is 2.15. The number of hydrogen-bond acceptors (Lipinski definition) is 4.